The molecule has 0 saturated carbocycles. The molecule has 1 saturated heterocycles. The van der Waals surface area contributed by atoms with E-state index in [1.54, 1.807) is 0 Å². The lowest BCUT2D eigenvalue weighted by atomic mass is 10.1. The van der Waals surface area contributed by atoms with E-state index in [0.717, 1.165) is 36.0 Å². The van der Waals surface area contributed by atoms with Gasteiger partial charge in [0.25, 0.3) is 0 Å². The Morgan fingerprint density at radius 3 is 2.39 bits per heavy atom. The fraction of sp³-hybridized carbons (Fsp3) is 0.450. The number of aromatic nitrogens is 1. The van der Waals surface area contributed by atoms with Gasteiger partial charge in [-0.25, -0.2) is 4.98 Å². The first-order chi connectivity index (χ1) is 13.3. The number of halogens is 3. The Morgan fingerprint density at radius 2 is 1.75 bits per heavy atom. The Morgan fingerprint density at radius 1 is 1.07 bits per heavy atom. The molecule has 0 spiro atoms. The molecule has 2 heterocycles. The average molecular weight is 394 g/mol. The molecular weight excluding hydrogens is 369 g/mol. The number of ether oxygens (including phenoxy) is 1. The van der Waals surface area contributed by atoms with Crippen LogP contribution >= 0.6 is 0 Å². The van der Waals surface area contributed by atoms with E-state index in [4.69, 9.17) is 4.74 Å². The zero-order valence-electron chi connectivity index (χ0n) is 16.1. The highest BCUT2D eigenvalue weighted by Gasteiger charge is 2.34. The van der Waals surface area contributed by atoms with Gasteiger partial charge in [0.15, 0.2) is 0 Å². The molecule has 2 aromatic rings. The largest absolute Gasteiger partial charge is 0.419 e. The molecule has 1 aliphatic heterocycles. The number of anilines is 3. The van der Waals surface area contributed by atoms with Crippen LogP contribution < -0.4 is 10.6 Å². The fourth-order valence-electron chi connectivity index (χ4n) is 3.24. The van der Waals surface area contributed by atoms with E-state index in [2.05, 4.69) is 20.5 Å². The summed E-state index contributed by atoms with van der Waals surface area (Å²) in [4.78, 5) is 6.35. The molecule has 1 fully saturated rings. The van der Waals surface area contributed by atoms with Crippen molar-refractivity contribution in [1.29, 1.82) is 0 Å². The summed E-state index contributed by atoms with van der Waals surface area (Å²) in [6.07, 6.45) is -4.47. The highest BCUT2D eigenvalue weighted by atomic mass is 19.4. The molecule has 0 unspecified atom stereocenters. The van der Waals surface area contributed by atoms with E-state index in [9.17, 15) is 13.2 Å². The van der Waals surface area contributed by atoms with Crippen molar-refractivity contribution in [2.45, 2.75) is 20.0 Å². The van der Waals surface area contributed by atoms with Crippen LogP contribution in [0.15, 0.2) is 30.3 Å². The SMILES string of the molecule is Cc1cc(C)cc(Nc2ccc(C(F)(F)F)c(NCCN3CCOCC3)n2)c1. The van der Waals surface area contributed by atoms with E-state index in [1.165, 1.54) is 6.07 Å². The second kappa shape index (κ2) is 8.79. The zero-order chi connectivity index (χ0) is 20.1. The van der Waals surface area contributed by atoms with Gasteiger partial charge in [-0.05, 0) is 49.2 Å². The molecule has 8 heteroatoms. The molecule has 1 aromatic heterocycles. The summed E-state index contributed by atoms with van der Waals surface area (Å²) >= 11 is 0. The molecule has 0 amide bonds. The summed E-state index contributed by atoms with van der Waals surface area (Å²) in [6, 6.07) is 8.31. The van der Waals surface area contributed by atoms with Gasteiger partial charge in [-0.3, -0.25) is 4.90 Å². The van der Waals surface area contributed by atoms with Gasteiger partial charge < -0.3 is 15.4 Å². The minimum atomic E-state index is -4.47. The van der Waals surface area contributed by atoms with Crippen molar-refractivity contribution in [3.63, 3.8) is 0 Å². The number of rotatable bonds is 6. The maximum absolute atomic E-state index is 13.4. The molecule has 3 rings (SSSR count). The zero-order valence-corrected chi connectivity index (χ0v) is 16.1. The number of alkyl halides is 3. The van der Waals surface area contributed by atoms with Gasteiger partial charge in [0.2, 0.25) is 0 Å². The summed E-state index contributed by atoms with van der Waals surface area (Å²) in [5, 5.41) is 5.96. The first-order valence-electron chi connectivity index (χ1n) is 9.29. The van der Waals surface area contributed by atoms with E-state index in [-0.39, 0.29) is 5.82 Å². The Hall–Kier alpha value is -2.32. The molecule has 152 valence electrons. The minimum Gasteiger partial charge on any atom is -0.379 e. The van der Waals surface area contributed by atoms with Gasteiger partial charge in [-0.15, -0.1) is 0 Å². The first kappa shape index (κ1) is 20.4. The summed E-state index contributed by atoms with van der Waals surface area (Å²) in [6.45, 7) is 7.84. The summed E-state index contributed by atoms with van der Waals surface area (Å²) in [5.74, 6) is 0.210. The van der Waals surface area contributed by atoms with Crippen LogP contribution in [0.2, 0.25) is 0 Å². The predicted molar refractivity (Wildman–Crippen MR) is 104 cm³/mol. The van der Waals surface area contributed by atoms with Crippen molar-refractivity contribution in [3.8, 4) is 0 Å². The van der Waals surface area contributed by atoms with Crippen LogP contribution in [0.5, 0.6) is 0 Å². The third-order valence-electron chi connectivity index (χ3n) is 4.52. The lowest BCUT2D eigenvalue weighted by Crippen LogP contribution is -2.39. The average Bonchev–Trinajstić information content (AvgIpc) is 2.61. The smallest absolute Gasteiger partial charge is 0.379 e. The maximum atomic E-state index is 13.4. The second-order valence-electron chi connectivity index (χ2n) is 6.97. The molecule has 0 radical (unpaired) electrons. The summed E-state index contributed by atoms with van der Waals surface area (Å²) in [7, 11) is 0. The second-order valence-corrected chi connectivity index (χ2v) is 6.97. The molecule has 2 N–H and O–H groups in total. The molecule has 0 atom stereocenters. The number of hydrogen-bond donors (Lipinski definition) is 2. The van der Waals surface area contributed by atoms with Crippen LogP contribution in [0.25, 0.3) is 0 Å². The maximum Gasteiger partial charge on any atom is 0.419 e. The first-order valence-corrected chi connectivity index (χ1v) is 9.29. The summed E-state index contributed by atoms with van der Waals surface area (Å²) < 4.78 is 45.4. The van der Waals surface area contributed by atoms with Crippen molar-refractivity contribution in [1.82, 2.24) is 9.88 Å². The predicted octanol–water partition coefficient (Wildman–Crippen LogP) is 4.20. The lowest BCUT2D eigenvalue weighted by molar-refractivity contribution is -0.137. The highest BCUT2D eigenvalue weighted by Crippen LogP contribution is 2.35. The number of aryl methyl sites for hydroxylation is 2. The van der Waals surface area contributed by atoms with Crippen LogP contribution in [-0.4, -0.2) is 49.3 Å². The van der Waals surface area contributed by atoms with Crippen LogP contribution in [0, 0.1) is 13.8 Å². The van der Waals surface area contributed by atoms with Gasteiger partial charge in [0.05, 0.1) is 18.8 Å². The van der Waals surface area contributed by atoms with Gasteiger partial charge in [0, 0.05) is 31.9 Å². The third-order valence-corrected chi connectivity index (χ3v) is 4.52. The Labute approximate surface area is 162 Å². The quantitative estimate of drug-likeness (QED) is 0.769. The highest BCUT2D eigenvalue weighted by molar-refractivity contribution is 5.61. The van der Waals surface area contributed by atoms with E-state index < -0.39 is 11.7 Å². The van der Waals surface area contributed by atoms with Gasteiger partial charge in [-0.2, -0.15) is 13.2 Å². The topological polar surface area (TPSA) is 49.4 Å². The minimum absolute atomic E-state index is 0.157. The molecule has 5 nitrogen and oxygen atoms in total. The van der Waals surface area contributed by atoms with Crippen molar-refractivity contribution >= 4 is 17.3 Å². The van der Waals surface area contributed by atoms with Gasteiger partial charge in [0.1, 0.15) is 11.6 Å². The third kappa shape index (κ3) is 5.59. The van der Waals surface area contributed by atoms with Crippen LogP contribution in [0.3, 0.4) is 0 Å². The van der Waals surface area contributed by atoms with Crippen molar-refractivity contribution in [3.05, 3.63) is 47.0 Å². The number of morpholine rings is 1. The fourth-order valence-corrected chi connectivity index (χ4v) is 3.24. The number of nitrogens with zero attached hydrogens (tertiary/aromatic N) is 2. The van der Waals surface area contributed by atoms with Crippen molar-refractivity contribution in [2.75, 3.05) is 50.0 Å². The summed E-state index contributed by atoms with van der Waals surface area (Å²) in [5.41, 5.74) is 2.17. The monoisotopic (exact) mass is 394 g/mol. The van der Waals surface area contributed by atoms with Crippen molar-refractivity contribution in [2.24, 2.45) is 0 Å². The van der Waals surface area contributed by atoms with Gasteiger partial charge in [-0.1, -0.05) is 6.07 Å². The lowest BCUT2D eigenvalue weighted by Gasteiger charge is -2.26. The molecular formula is C20H25F3N4O. The van der Waals surface area contributed by atoms with Gasteiger partial charge >= 0.3 is 6.18 Å². The molecule has 0 bridgehead atoms. The normalized spacial score (nSPS) is 15.5. The van der Waals surface area contributed by atoms with Crippen LogP contribution in [0.4, 0.5) is 30.5 Å². The molecule has 0 aliphatic carbocycles. The number of benzene rings is 1. The van der Waals surface area contributed by atoms with E-state index in [0.29, 0.717) is 32.1 Å². The Balaban J connectivity index is 1.74. The van der Waals surface area contributed by atoms with E-state index >= 15 is 0 Å². The van der Waals surface area contributed by atoms with Crippen LogP contribution in [-0.2, 0) is 10.9 Å². The molecule has 1 aromatic carbocycles. The molecule has 28 heavy (non-hydrogen) atoms. The molecule has 1 aliphatic rings. The van der Waals surface area contributed by atoms with E-state index in [1.807, 2.05) is 32.0 Å². The van der Waals surface area contributed by atoms with Crippen molar-refractivity contribution < 1.29 is 17.9 Å². The number of hydrogen-bond acceptors (Lipinski definition) is 5. The number of pyridine rings is 1. The van der Waals surface area contributed by atoms with Crippen LogP contribution in [0.1, 0.15) is 16.7 Å². The Bertz CT molecular complexity index is 784. The Kier molecular flexibility index (Phi) is 6.41. The standard InChI is InChI=1S/C20H25F3N4O/c1-14-11-15(2)13-16(12-14)25-18-4-3-17(20(21,22)23)19(26-18)24-5-6-27-7-9-28-10-8-27/h3-4,11-13H,5-10H2,1-2H3,(H2,24,25,26). The number of nitrogens with one attached hydrogen (secondary N) is 2.